The molecule has 16 bridgehead atoms. The van der Waals surface area contributed by atoms with Gasteiger partial charge < -0.3 is 19.9 Å². The van der Waals surface area contributed by atoms with Gasteiger partial charge in [-0.1, -0.05) is 111 Å². The van der Waals surface area contributed by atoms with Crippen LogP contribution in [-0.4, -0.2) is 39.9 Å². The van der Waals surface area contributed by atoms with E-state index in [9.17, 15) is 0 Å². The molecule has 8 nitrogen and oxygen atoms in total. The van der Waals surface area contributed by atoms with Crippen LogP contribution in [0.5, 0.6) is 0 Å². The zero-order valence-electron chi connectivity index (χ0n) is 55.6. The lowest BCUT2D eigenvalue weighted by Crippen LogP contribution is -1.95. The molecule has 0 aliphatic carbocycles. The first kappa shape index (κ1) is 62.5. The van der Waals surface area contributed by atoms with Crippen LogP contribution in [-0.2, 0) is 51.4 Å². The summed E-state index contributed by atoms with van der Waals surface area (Å²) in [7, 11) is 0. The summed E-state index contributed by atoms with van der Waals surface area (Å²) < 4.78 is 0. The lowest BCUT2D eigenvalue weighted by Gasteiger charge is -2.08. The monoisotopic (exact) mass is 1160 g/mol. The molecule has 4 aliphatic heterocycles. The molecule has 6 aromatic heterocycles. The summed E-state index contributed by atoms with van der Waals surface area (Å²) in [5, 5.41) is 0. The molecule has 0 amide bonds. The normalized spacial score (nSPS) is 13.0. The second-order valence-corrected chi connectivity index (χ2v) is 23.1. The molecule has 6 aromatic rings. The average Bonchev–Trinajstić information content (AvgIpc) is 1.95. The highest BCUT2D eigenvalue weighted by molar-refractivity contribution is 6.01. The fraction of sp³-hybridized carbons (Fsp3) is 0.400. The van der Waals surface area contributed by atoms with Gasteiger partial charge in [-0.2, -0.15) is 0 Å². The molecular weight excluding hydrogens is 1070 g/mol. The van der Waals surface area contributed by atoms with E-state index in [-0.39, 0.29) is 0 Å². The molecule has 0 atom stereocenters. The predicted molar refractivity (Wildman–Crippen MR) is 376 cm³/mol. The standard InChI is InChI=1S/C80H90N8/c1-17-47-51(21-5)69-43-73-55(25-9)59(29-13)77(85-73)63(78-60(30-14)56(26-10)74(86-78)44-70-52(22-6)48(18-2)66(82-70)41-65(47)81-69)39-37-35-33-34-36-38-40-64-79-61(31-15)57(27-11)75(87-79)45-71-53(23-7)49(19-3)67(83-71)42-68-50(20-4)54(24-8)72(84-68)46-76-58(28-12)62(32-16)80(64)88-76/h41-46,81-84H,17-32H2,1-16H3. The maximum Gasteiger partial charge on any atom is 0.0851 e. The number of aromatic nitrogens is 8. The van der Waals surface area contributed by atoms with Crippen molar-refractivity contribution in [3.8, 4) is 47.4 Å². The van der Waals surface area contributed by atoms with Gasteiger partial charge >= 0.3 is 0 Å². The van der Waals surface area contributed by atoms with Gasteiger partial charge in [0, 0.05) is 44.1 Å². The van der Waals surface area contributed by atoms with Crippen molar-refractivity contribution < 1.29 is 0 Å². The van der Waals surface area contributed by atoms with E-state index in [1.165, 1.54) is 89.1 Å². The Morgan fingerprint density at radius 2 is 0.409 bits per heavy atom. The zero-order valence-corrected chi connectivity index (χ0v) is 55.6. The van der Waals surface area contributed by atoms with E-state index in [0.29, 0.717) is 0 Å². The number of rotatable bonds is 16. The summed E-state index contributed by atoms with van der Waals surface area (Å²) in [5.41, 5.74) is 38.7. The van der Waals surface area contributed by atoms with Gasteiger partial charge in [-0.15, -0.1) is 0 Å². The van der Waals surface area contributed by atoms with Crippen molar-refractivity contribution in [1.29, 1.82) is 0 Å². The summed E-state index contributed by atoms with van der Waals surface area (Å²) >= 11 is 0. The Kier molecular flexibility index (Phi) is 19.3. The molecule has 88 heavy (non-hydrogen) atoms. The van der Waals surface area contributed by atoms with Crippen molar-refractivity contribution in [3.05, 3.63) is 138 Å². The van der Waals surface area contributed by atoms with Crippen molar-refractivity contribution in [1.82, 2.24) is 39.9 Å². The molecule has 4 N–H and O–H groups in total. The molecule has 10 rings (SSSR count). The highest BCUT2D eigenvalue weighted by Gasteiger charge is 2.29. The minimum Gasteiger partial charge on any atom is -0.355 e. The van der Waals surface area contributed by atoms with Gasteiger partial charge in [0.2, 0.25) is 0 Å². The zero-order chi connectivity index (χ0) is 62.5. The number of nitrogens with zero attached hydrogens (tertiary/aromatic N) is 4. The number of H-pyrrole nitrogens is 4. The van der Waals surface area contributed by atoms with E-state index in [0.717, 1.165) is 204 Å². The molecule has 450 valence electrons. The summed E-state index contributed by atoms with van der Waals surface area (Å²) in [6.07, 6.45) is 13.9. The Morgan fingerprint density at radius 3 is 0.591 bits per heavy atom. The first-order valence-electron chi connectivity index (χ1n) is 33.5. The van der Waals surface area contributed by atoms with Crippen LogP contribution in [0.4, 0.5) is 0 Å². The van der Waals surface area contributed by atoms with Crippen LogP contribution in [0.1, 0.15) is 263 Å². The van der Waals surface area contributed by atoms with Gasteiger partial charge in [-0.25, -0.2) is 19.9 Å². The third kappa shape index (κ3) is 11.0. The van der Waals surface area contributed by atoms with Gasteiger partial charge in [0.05, 0.1) is 56.7 Å². The molecule has 4 aliphatic rings. The third-order valence-corrected chi connectivity index (χ3v) is 18.9. The van der Waals surface area contributed by atoms with E-state index < -0.39 is 0 Å². The fourth-order valence-electron chi connectivity index (χ4n) is 14.9. The Morgan fingerprint density at radius 1 is 0.227 bits per heavy atom. The summed E-state index contributed by atoms with van der Waals surface area (Å²) in [6, 6.07) is 13.9. The summed E-state index contributed by atoms with van der Waals surface area (Å²) in [5.74, 6) is 26.2. The van der Waals surface area contributed by atoms with Crippen LogP contribution in [0.3, 0.4) is 0 Å². The van der Waals surface area contributed by atoms with Crippen molar-refractivity contribution in [2.75, 3.05) is 0 Å². The predicted octanol–water partition coefficient (Wildman–Crippen LogP) is 19.8. The Balaban J connectivity index is 1.21. The number of hydrogen-bond donors (Lipinski definition) is 4. The van der Waals surface area contributed by atoms with Crippen LogP contribution >= 0.6 is 0 Å². The van der Waals surface area contributed by atoms with E-state index in [1.807, 2.05) is 0 Å². The maximum absolute atomic E-state index is 5.59. The molecule has 0 saturated carbocycles. The van der Waals surface area contributed by atoms with Crippen molar-refractivity contribution in [2.45, 2.75) is 214 Å². The first-order chi connectivity index (χ1) is 42.9. The van der Waals surface area contributed by atoms with Crippen LogP contribution in [0.2, 0.25) is 0 Å². The second-order valence-electron chi connectivity index (χ2n) is 23.1. The van der Waals surface area contributed by atoms with Gasteiger partial charge in [0.15, 0.2) is 0 Å². The molecule has 0 saturated heterocycles. The van der Waals surface area contributed by atoms with Gasteiger partial charge in [0.1, 0.15) is 0 Å². The highest BCUT2D eigenvalue weighted by atomic mass is 14.8. The van der Waals surface area contributed by atoms with Crippen LogP contribution in [0.25, 0.3) is 88.7 Å². The Bertz CT molecular complexity index is 4050. The van der Waals surface area contributed by atoms with Crippen LogP contribution in [0.15, 0.2) is 36.4 Å². The molecular formula is C80H90N8. The molecule has 10 heterocycles. The lowest BCUT2D eigenvalue weighted by atomic mass is 9.94. The van der Waals surface area contributed by atoms with Gasteiger partial charge in [-0.3, -0.25) is 0 Å². The Hall–Kier alpha value is -8.56. The van der Waals surface area contributed by atoms with Crippen molar-refractivity contribution in [2.24, 2.45) is 0 Å². The summed E-state index contributed by atoms with van der Waals surface area (Å²) in [6.45, 7) is 36.0. The quantitative estimate of drug-likeness (QED) is 0.0723. The van der Waals surface area contributed by atoms with Gasteiger partial charge in [0.25, 0.3) is 0 Å². The third-order valence-electron chi connectivity index (χ3n) is 18.9. The molecule has 0 fully saturated rings. The van der Waals surface area contributed by atoms with E-state index in [4.69, 9.17) is 19.9 Å². The summed E-state index contributed by atoms with van der Waals surface area (Å²) in [4.78, 5) is 38.0. The second kappa shape index (κ2) is 27.2. The van der Waals surface area contributed by atoms with E-state index in [1.54, 1.807) is 0 Å². The largest absolute Gasteiger partial charge is 0.355 e. The molecule has 8 heteroatoms. The number of fused-ring (bicyclic) bond motifs is 16. The molecule has 0 radical (unpaired) electrons. The number of nitrogens with one attached hydrogen (secondary N) is 4. The minimum atomic E-state index is 0.800. The molecule has 0 aromatic carbocycles. The van der Waals surface area contributed by atoms with Crippen molar-refractivity contribution in [3.63, 3.8) is 0 Å². The number of allylic oxidation sites excluding steroid dienone is 8. The first-order valence-corrected chi connectivity index (χ1v) is 33.5. The smallest absolute Gasteiger partial charge is 0.0851 e. The van der Waals surface area contributed by atoms with Crippen LogP contribution < -0.4 is 0 Å². The maximum atomic E-state index is 5.59. The Labute approximate surface area is 524 Å². The number of hydrogen-bond acceptors (Lipinski definition) is 4. The SMILES string of the molecule is CCC1=C(CC)c2nc1cc1[nH]c(cc3[nH]c(cc4nc(c2C#CC#CC#CC#Cc2c5nc(cc6[nH]c(cc7[nH]c(cc8nc2C(CC)=C8CC)c(CC)c7CC)c(CC)c6CC)C(CC)=C5CC)C(CC)=C4CC)c(CC)c3CC)c(CC)c1CC. The highest BCUT2D eigenvalue weighted by Crippen LogP contribution is 2.44. The average molecular weight is 1160 g/mol. The molecule has 0 spiro atoms. The number of aromatic amines is 4. The minimum absolute atomic E-state index is 0.800. The van der Waals surface area contributed by atoms with Gasteiger partial charge in [-0.05, 0) is 276 Å². The van der Waals surface area contributed by atoms with Crippen LogP contribution in [0, 0.1) is 47.4 Å². The van der Waals surface area contributed by atoms with E-state index >= 15 is 0 Å². The number of aryl methyl sites for hydroxylation is 8. The lowest BCUT2D eigenvalue weighted by molar-refractivity contribution is 1.07. The fourth-order valence-corrected chi connectivity index (χ4v) is 14.9. The topological polar surface area (TPSA) is 115 Å². The molecule has 0 unspecified atom stereocenters. The van der Waals surface area contributed by atoms with E-state index in [2.05, 4.69) is 214 Å². The van der Waals surface area contributed by atoms with Crippen molar-refractivity contribution >= 4 is 88.7 Å².